The van der Waals surface area contributed by atoms with Crippen molar-refractivity contribution in [1.82, 2.24) is 19.5 Å². The summed E-state index contributed by atoms with van der Waals surface area (Å²) in [6.45, 7) is 0.0568. The average Bonchev–Trinajstić information content (AvgIpc) is 2.01. The molecule has 0 unspecified atom stereocenters. The second-order valence-corrected chi connectivity index (χ2v) is 21.4. The van der Waals surface area contributed by atoms with Crippen LogP contribution in [0.5, 0.6) is 0 Å². The van der Waals surface area contributed by atoms with Crippen LogP contribution in [0, 0.1) is 0 Å². The summed E-state index contributed by atoms with van der Waals surface area (Å²) in [5.74, 6) is 1.76. The molecule has 12 aromatic carbocycles. The van der Waals surface area contributed by atoms with Crippen LogP contribution in [-0.4, -0.2) is 26.2 Å². The van der Waals surface area contributed by atoms with Crippen LogP contribution in [0.1, 0.15) is 0 Å². The first-order valence-corrected chi connectivity index (χ1v) is 28.2. The Labute approximate surface area is 479 Å². The molecule has 0 N–H and O–H groups in total. The summed E-state index contributed by atoms with van der Waals surface area (Å²) in [4.78, 5) is 20.8. The lowest BCUT2D eigenvalue weighted by atomic mass is 9.33. The second kappa shape index (κ2) is 18.8. The van der Waals surface area contributed by atoms with Crippen molar-refractivity contribution in [3.05, 3.63) is 285 Å². The number of aromatic nitrogens is 4. The molecule has 0 bridgehead atoms. The highest BCUT2D eigenvalue weighted by Crippen LogP contribution is 2.47. The molecule has 386 valence electrons. The van der Waals surface area contributed by atoms with E-state index in [4.69, 9.17) is 19.4 Å². The largest absolute Gasteiger partial charge is 0.455 e. The zero-order valence-electron chi connectivity index (χ0n) is 44.8. The van der Waals surface area contributed by atoms with Gasteiger partial charge in [-0.25, -0.2) is 15.0 Å². The molecule has 7 nitrogen and oxygen atoms in total. The zero-order chi connectivity index (χ0) is 54.5. The fourth-order valence-corrected chi connectivity index (χ4v) is 13.3. The van der Waals surface area contributed by atoms with E-state index in [9.17, 15) is 0 Å². The summed E-state index contributed by atoms with van der Waals surface area (Å²) < 4.78 is 9.25. The van der Waals surface area contributed by atoms with Crippen LogP contribution in [-0.2, 0) is 0 Å². The van der Waals surface area contributed by atoms with Crippen LogP contribution < -0.4 is 26.2 Å². The maximum Gasteiger partial charge on any atom is 0.252 e. The van der Waals surface area contributed by atoms with E-state index in [1.165, 1.54) is 39.1 Å². The number of anilines is 6. The monoisotopic (exact) mass is 1060 g/mol. The van der Waals surface area contributed by atoms with Gasteiger partial charge >= 0.3 is 0 Å². The number of fused-ring (bicyclic) bond motifs is 11. The Bertz CT molecular complexity index is 5020. The lowest BCUT2D eigenvalue weighted by Gasteiger charge is -2.44. The highest BCUT2D eigenvalue weighted by Gasteiger charge is 2.43. The first kappa shape index (κ1) is 46.8. The van der Waals surface area contributed by atoms with Crippen molar-refractivity contribution in [3.8, 4) is 62.1 Å². The van der Waals surface area contributed by atoms with Crippen LogP contribution in [0.3, 0.4) is 0 Å². The molecular weight excluding hydrogens is 1010 g/mol. The van der Waals surface area contributed by atoms with Crippen molar-refractivity contribution in [2.24, 2.45) is 0 Å². The quantitative estimate of drug-likeness (QED) is 0.141. The van der Waals surface area contributed by atoms with E-state index < -0.39 is 0 Å². The van der Waals surface area contributed by atoms with Crippen molar-refractivity contribution < 1.29 is 4.42 Å². The predicted octanol–water partition coefficient (Wildman–Crippen LogP) is 17.3. The molecule has 83 heavy (non-hydrogen) atoms. The molecule has 15 aromatic rings. The molecule has 0 saturated heterocycles. The van der Waals surface area contributed by atoms with Gasteiger partial charge in [-0.3, -0.25) is 0 Å². The van der Waals surface area contributed by atoms with Gasteiger partial charge < -0.3 is 18.8 Å². The van der Waals surface area contributed by atoms with E-state index >= 15 is 0 Å². The average molecular weight is 1060 g/mol. The molecule has 17 rings (SSSR count). The lowest BCUT2D eigenvalue weighted by molar-refractivity contribution is 0.673. The van der Waals surface area contributed by atoms with Crippen LogP contribution >= 0.6 is 0 Å². The third-order valence-electron chi connectivity index (χ3n) is 16.8. The third kappa shape index (κ3) is 7.36. The van der Waals surface area contributed by atoms with Crippen LogP contribution in [0.2, 0.25) is 0 Å². The van der Waals surface area contributed by atoms with E-state index in [0.29, 0.717) is 17.5 Å². The fraction of sp³-hybridized carbons (Fsp3) is 0. The van der Waals surface area contributed by atoms with Gasteiger partial charge in [0.1, 0.15) is 11.2 Å². The number of hydrogen-bond donors (Lipinski definition) is 0. The first-order valence-electron chi connectivity index (χ1n) is 28.2. The topological polar surface area (TPSA) is 63.2 Å². The predicted molar refractivity (Wildman–Crippen MR) is 343 cm³/mol. The van der Waals surface area contributed by atoms with Gasteiger partial charge in [0.05, 0.1) is 22.1 Å². The number of furan rings is 1. The van der Waals surface area contributed by atoms with E-state index in [2.05, 4.69) is 257 Å². The summed E-state index contributed by atoms with van der Waals surface area (Å²) in [6.07, 6.45) is 0. The van der Waals surface area contributed by atoms with E-state index in [1.54, 1.807) is 0 Å². The van der Waals surface area contributed by atoms with E-state index in [1.807, 2.05) is 42.5 Å². The van der Waals surface area contributed by atoms with Gasteiger partial charge in [-0.15, -0.1) is 0 Å². The smallest absolute Gasteiger partial charge is 0.252 e. The number of para-hydroxylation sites is 6. The summed E-state index contributed by atoms with van der Waals surface area (Å²) in [5, 5.41) is 4.31. The summed E-state index contributed by atoms with van der Waals surface area (Å²) in [6, 6.07) is 102. The van der Waals surface area contributed by atoms with Crippen molar-refractivity contribution in [2.75, 3.05) is 9.80 Å². The van der Waals surface area contributed by atoms with Crippen LogP contribution in [0.25, 0.3) is 106 Å². The Morgan fingerprint density at radius 3 is 1.55 bits per heavy atom. The van der Waals surface area contributed by atoms with Gasteiger partial charge in [-0.2, -0.15) is 0 Å². The molecule has 0 amide bonds. The molecular formula is C75H47BN6O. The molecule has 0 aliphatic carbocycles. The molecule has 2 aliphatic rings. The van der Waals surface area contributed by atoms with Crippen molar-refractivity contribution in [2.45, 2.75) is 0 Å². The Hall–Kier alpha value is -11.1. The van der Waals surface area contributed by atoms with Crippen LogP contribution in [0.4, 0.5) is 34.1 Å². The SMILES string of the molecule is c1ccc(-c2nc(-c3ccccc3)nc(-c3cccc(-c4cccc(-c5cccc(N6c7ccccc7B7c8ccccc8N(c8ccccc8)c8cccc6c87)c5)c4)c3-n3c4ccccc4c4c5oc6ccccc6c5ccc43)n2)cc1. The second-order valence-electron chi connectivity index (χ2n) is 21.4. The first-order chi connectivity index (χ1) is 41.2. The fourth-order valence-electron chi connectivity index (χ4n) is 13.3. The molecule has 8 heteroatoms. The molecule has 0 spiro atoms. The Balaban J connectivity index is 0.868. The molecule has 0 atom stereocenters. The maximum absolute atomic E-state index is 6.84. The molecule has 3 aromatic heterocycles. The number of benzene rings is 12. The van der Waals surface area contributed by atoms with Gasteiger partial charge in [0.15, 0.2) is 17.5 Å². The Morgan fingerprint density at radius 1 is 0.325 bits per heavy atom. The van der Waals surface area contributed by atoms with Gasteiger partial charge in [0.25, 0.3) is 6.71 Å². The minimum atomic E-state index is 0.0568. The Morgan fingerprint density at radius 2 is 0.831 bits per heavy atom. The van der Waals surface area contributed by atoms with E-state index in [-0.39, 0.29) is 6.71 Å². The van der Waals surface area contributed by atoms with Crippen molar-refractivity contribution >= 4 is 101 Å². The number of hydrogen-bond acceptors (Lipinski definition) is 6. The summed E-state index contributed by atoms with van der Waals surface area (Å²) in [7, 11) is 0. The zero-order valence-corrected chi connectivity index (χ0v) is 44.8. The third-order valence-corrected chi connectivity index (χ3v) is 16.8. The normalized spacial score (nSPS) is 12.5. The summed E-state index contributed by atoms with van der Waals surface area (Å²) in [5.41, 5.74) is 22.5. The lowest BCUT2D eigenvalue weighted by Crippen LogP contribution is -2.61. The highest BCUT2D eigenvalue weighted by molar-refractivity contribution is 7.00. The van der Waals surface area contributed by atoms with E-state index in [0.717, 1.165) is 99.8 Å². The highest BCUT2D eigenvalue weighted by atomic mass is 16.3. The molecule has 2 aliphatic heterocycles. The van der Waals surface area contributed by atoms with Gasteiger partial charge in [-0.05, 0) is 118 Å². The van der Waals surface area contributed by atoms with Crippen LogP contribution in [0.15, 0.2) is 290 Å². The van der Waals surface area contributed by atoms with Gasteiger partial charge in [0.2, 0.25) is 0 Å². The molecule has 0 fully saturated rings. The number of nitrogens with zero attached hydrogens (tertiary/aromatic N) is 6. The van der Waals surface area contributed by atoms with Gasteiger partial charge in [-0.1, -0.05) is 200 Å². The molecule has 0 radical (unpaired) electrons. The molecule has 5 heterocycles. The molecule has 0 saturated carbocycles. The summed E-state index contributed by atoms with van der Waals surface area (Å²) >= 11 is 0. The minimum absolute atomic E-state index is 0.0568. The number of rotatable bonds is 8. The standard InChI is InChI=1S/C75H47BN6O/c1-4-22-48(23-5-1)73-77-74(49-24-6-2-7-25-49)79-75(78-73)59-35-20-34-55(71(59)82-62-38-14-10-33-58(62)69-65(82)45-44-57-56-32-11-17-43-68(56)83-72(57)69)52-28-18-26-50(46-52)51-27-19-31-54(47-51)81-64-40-16-13-37-61(64)76-60-36-12-15-39-63(60)80(53-29-8-3-9-30-53)66-41-21-42-67(81)70(66)76/h1-47H. The maximum atomic E-state index is 6.84. The van der Waals surface area contributed by atoms with Gasteiger partial charge in [0, 0.05) is 72.5 Å². The van der Waals surface area contributed by atoms with Crippen molar-refractivity contribution in [1.29, 1.82) is 0 Å². The van der Waals surface area contributed by atoms with Crippen molar-refractivity contribution in [3.63, 3.8) is 0 Å². The minimum Gasteiger partial charge on any atom is -0.455 e. The Kier molecular flexibility index (Phi) is 10.6.